The minimum Gasteiger partial charge on any atom is -0.287 e. The molecule has 3 N–H and O–H groups in total. The van der Waals surface area contributed by atoms with E-state index in [2.05, 4.69) is 10.5 Å². The molecule has 116 valence electrons. The van der Waals surface area contributed by atoms with Crippen molar-refractivity contribution < 1.29 is 13.2 Å². The largest absolute Gasteiger partial charge is 0.287 e. The van der Waals surface area contributed by atoms with E-state index in [1.807, 2.05) is 24.3 Å². The molecule has 0 radical (unpaired) electrons. The summed E-state index contributed by atoms with van der Waals surface area (Å²) in [6.45, 7) is 0. The lowest BCUT2D eigenvalue weighted by Gasteiger charge is -2.12. The Kier molecular flexibility index (Phi) is 3.81. The molecule has 23 heavy (non-hydrogen) atoms. The molecule has 0 atom stereocenters. The molecule has 0 fully saturated rings. The van der Waals surface area contributed by atoms with Gasteiger partial charge < -0.3 is 0 Å². The number of ketones is 1. The molecule has 0 heterocycles. The second-order valence-electron chi connectivity index (χ2n) is 4.93. The maximum atomic E-state index is 12.0. The highest BCUT2D eigenvalue weighted by atomic mass is 32.2. The van der Waals surface area contributed by atoms with Gasteiger partial charge in [-0.25, -0.2) is 13.6 Å². The van der Waals surface area contributed by atoms with E-state index >= 15 is 0 Å². The summed E-state index contributed by atoms with van der Waals surface area (Å²) in [6, 6.07) is 13.2. The molecule has 0 bridgehead atoms. The predicted octanol–water partition coefficient (Wildman–Crippen LogP) is 1.75. The highest BCUT2D eigenvalue weighted by Gasteiger charge is 2.18. The Hall–Kier alpha value is -2.77. The van der Waals surface area contributed by atoms with Crippen LogP contribution < -0.4 is 10.6 Å². The van der Waals surface area contributed by atoms with Crippen LogP contribution in [0.4, 0.5) is 5.69 Å². The minimum absolute atomic E-state index is 0.0118. The van der Waals surface area contributed by atoms with Crippen molar-refractivity contribution in [3.63, 3.8) is 0 Å². The monoisotopic (exact) mass is 327 g/mol. The van der Waals surface area contributed by atoms with Crippen LogP contribution >= 0.6 is 0 Å². The Bertz CT molecular complexity index is 929. The Morgan fingerprint density at radius 1 is 0.957 bits per heavy atom. The number of sulfonamides is 1. The zero-order valence-corrected chi connectivity index (χ0v) is 12.7. The van der Waals surface area contributed by atoms with Gasteiger partial charge in [-0.05, 0) is 35.9 Å². The van der Waals surface area contributed by atoms with E-state index in [1.165, 1.54) is 30.3 Å². The topological polar surface area (TPSA) is 102 Å². The SMILES string of the molecule is NS(=O)(=O)c1ccc(NN=C2C(=O)C=Cc3ccccc32)cc1. The van der Waals surface area contributed by atoms with Crippen LogP contribution in [-0.4, -0.2) is 19.9 Å². The van der Waals surface area contributed by atoms with Crippen LogP contribution in [0.15, 0.2) is 64.6 Å². The van der Waals surface area contributed by atoms with Crippen LogP contribution in [0.3, 0.4) is 0 Å². The summed E-state index contributed by atoms with van der Waals surface area (Å²) in [5.41, 5.74) is 5.27. The zero-order chi connectivity index (χ0) is 16.4. The first-order valence-corrected chi connectivity index (χ1v) is 8.28. The number of primary sulfonamides is 1. The van der Waals surface area contributed by atoms with Crippen molar-refractivity contribution in [2.45, 2.75) is 4.90 Å². The summed E-state index contributed by atoms with van der Waals surface area (Å²) in [7, 11) is -3.73. The molecular weight excluding hydrogens is 314 g/mol. The van der Waals surface area contributed by atoms with Gasteiger partial charge in [-0.3, -0.25) is 10.2 Å². The van der Waals surface area contributed by atoms with Crippen LogP contribution in [0.2, 0.25) is 0 Å². The predicted molar refractivity (Wildman–Crippen MR) is 88.5 cm³/mol. The van der Waals surface area contributed by atoms with E-state index in [0.717, 1.165) is 11.1 Å². The van der Waals surface area contributed by atoms with Crippen LogP contribution in [0.1, 0.15) is 11.1 Å². The summed E-state index contributed by atoms with van der Waals surface area (Å²) < 4.78 is 22.4. The number of hydrogen-bond acceptors (Lipinski definition) is 5. The number of hydrogen-bond donors (Lipinski definition) is 2. The number of carbonyl (C=O) groups excluding carboxylic acids is 1. The summed E-state index contributed by atoms with van der Waals surface area (Å²) in [5.74, 6) is -0.197. The molecule has 1 aliphatic rings. The van der Waals surface area contributed by atoms with E-state index in [9.17, 15) is 13.2 Å². The number of nitrogens with zero attached hydrogens (tertiary/aromatic N) is 1. The summed E-state index contributed by atoms with van der Waals surface area (Å²) in [5, 5.41) is 9.19. The molecule has 0 spiro atoms. The number of hydrazone groups is 1. The molecule has 7 heteroatoms. The molecule has 0 amide bonds. The molecular formula is C16H13N3O3S. The maximum Gasteiger partial charge on any atom is 0.238 e. The Morgan fingerprint density at radius 3 is 2.35 bits per heavy atom. The zero-order valence-electron chi connectivity index (χ0n) is 11.9. The molecule has 1 aliphatic carbocycles. The second kappa shape index (κ2) is 5.79. The summed E-state index contributed by atoms with van der Waals surface area (Å²) in [6.07, 6.45) is 3.21. The fourth-order valence-corrected chi connectivity index (χ4v) is 2.71. The lowest BCUT2D eigenvalue weighted by molar-refractivity contribution is -0.108. The Labute approximate surface area is 133 Å². The van der Waals surface area contributed by atoms with Gasteiger partial charge in [-0.15, -0.1) is 0 Å². The molecule has 2 aromatic rings. The Morgan fingerprint density at radius 2 is 1.65 bits per heavy atom. The fourth-order valence-electron chi connectivity index (χ4n) is 2.19. The van der Waals surface area contributed by atoms with Gasteiger partial charge in [0.2, 0.25) is 15.8 Å². The van der Waals surface area contributed by atoms with E-state index in [4.69, 9.17) is 5.14 Å². The van der Waals surface area contributed by atoms with Crippen molar-refractivity contribution >= 4 is 33.3 Å². The van der Waals surface area contributed by atoms with Gasteiger partial charge in [0.1, 0.15) is 5.71 Å². The van der Waals surface area contributed by atoms with Crippen molar-refractivity contribution in [2.24, 2.45) is 10.2 Å². The van der Waals surface area contributed by atoms with Gasteiger partial charge in [0.25, 0.3) is 0 Å². The highest BCUT2D eigenvalue weighted by molar-refractivity contribution is 7.89. The van der Waals surface area contributed by atoms with E-state index in [-0.39, 0.29) is 10.7 Å². The highest BCUT2D eigenvalue weighted by Crippen LogP contribution is 2.18. The number of nitrogens with two attached hydrogens (primary N) is 1. The molecule has 6 nitrogen and oxygen atoms in total. The van der Waals surface area contributed by atoms with Crippen molar-refractivity contribution in [1.29, 1.82) is 0 Å². The Balaban J connectivity index is 1.88. The number of benzene rings is 2. The van der Waals surface area contributed by atoms with Crippen molar-refractivity contribution in [1.82, 2.24) is 0 Å². The van der Waals surface area contributed by atoms with Gasteiger partial charge >= 0.3 is 0 Å². The van der Waals surface area contributed by atoms with Gasteiger partial charge in [0.15, 0.2) is 0 Å². The first-order valence-electron chi connectivity index (χ1n) is 6.73. The third kappa shape index (κ3) is 3.20. The number of fused-ring (bicyclic) bond motifs is 1. The smallest absolute Gasteiger partial charge is 0.238 e. The average Bonchev–Trinajstić information content (AvgIpc) is 2.53. The fraction of sp³-hybridized carbons (Fsp3) is 0. The summed E-state index contributed by atoms with van der Waals surface area (Å²) in [4.78, 5) is 12.0. The first-order chi connectivity index (χ1) is 10.9. The van der Waals surface area contributed by atoms with Crippen LogP contribution in [-0.2, 0) is 14.8 Å². The third-order valence-corrected chi connectivity index (χ3v) is 4.27. The maximum absolute atomic E-state index is 12.0. The minimum atomic E-state index is -3.73. The molecule has 0 aliphatic heterocycles. The van der Waals surface area contributed by atoms with Gasteiger partial charge in [0, 0.05) is 5.56 Å². The number of rotatable bonds is 3. The van der Waals surface area contributed by atoms with Crippen LogP contribution in [0, 0.1) is 0 Å². The molecule has 0 unspecified atom stereocenters. The lowest BCUT2D eigenvalue weighted by atomic mass is 9.95. The van der Waals surface area contributed by atoms with Crippen molar-refractivity contribution in [3.05, 3.63) is 65.7 Å². The second-order valence-corrected chi connectivity index (χ2v) is 6.49. The molecule has 0 saturated heterocycles. The third-order valence-electron chi connectivity index (χ3n) is 3.34. The first kappa shape index (κ1) is 15.1. The number of carbonyl (C=O) groups is 1. The van der Waals surface area contributed by atoms with Gasteiger partial charge in [-0.1, -0.05) is 30.3 Å². The molecule has 2 aromatic carbocycles. The van der Waals surface area contributed by atoms with Crippen molar-refractivity contribution in [2.75, 3.05) is 5.43 Å². The van der Waals surface area contributed by atoms with E-state index in [1.54, 1.807) is 6.08 Å². The number of nitrogens with one attached hydrogen (secondary N) is 1. The number of allylic oxidation sites excluding steroid dienone is 1. The quantitative estimate of drug-likeness (QED) is 0.838. The molecule has 0 saturated carbocycles. The van der Waals surface area contributed by atoms with E-state index < -0.39 is 10.0 Å². The van der Waals surface area contributed by atoms with Crippen LogP contribution in [0.25, 0.3) is 6.08 Å². The van der Waals surface area contributed by atoms with Gasteiger partial charge in [-0.2, -0.15) is 5.10 Å². The molecule has 3 rings (SSSR count). The number of anilines is 1. The van der Waals surface area contributed by atoms with E-state index in [0.29, 0.717) is 11.4 Å². The standard InChI is InChI=1S/C16H13N3O3S/c17-23(21,22)13-8-6-12(7-9-13)18-19-16-14-4-2-1-3-11(14)5-10-15(16)20/h1-10,18H,(H2,17,21,22). The van der Waals surface area contributed by atoms with Gasteiger partial charge in [0.05, 0.1) is 10.6 Å². The lowest BCUT2D eigenvalue weighted by Crippen LogP contribution is -2.19. The normalized spacial score (nSPS) is 15.5. The average molecular weight is 327 g/mol. The summed E-state index contributed by atoms with van der Waals surface area (Å²) >= 11 is 0. The molecule has 0 aromatic heterocycles. The van der Waals surface area contributed by atoms with Crippen LogP contribution in [0.5, 0.6) is 0 Å². The van der Waals surface area contributed by atoms with Crippen molar-refractivity contribution in [3.8, 4) is 0 Å².